The first-order valence-corrected chi connectivity index (χ1v) is 5.42. The Bertz CT molecular complexity index is 121. The summed E-state index contributed by atoms with van der Waals surface area (Å²) in [5.41, 5.74) is 0.245. The van der Waals surface area contributed by atoms with Crippen LogP contribution < -0.4 is 0 Å². The SMILES string of the molecule is CC(C)(C)COCCCOC(C)(C)C. The molecule has 0 bridgehead atoms. The second-order valence-corrected chi connectivity index (χ2v) is 5.93. The minimum atomic E-state index is -0.0238. The van der Waals surface area contributed by atoms with Crippen LogP contribution in [0.25, 0.3) is 0 Å². The molecule has 0 saturated carbocycles. The molecule has 14 heavy (non-hydrogen) atoms. The van der Waals surface area contributed by atoms with E-state index in [1.807, 2.05) is 0 Å². The predicted octanol–water partition coefficient (Wildman–Crippen LogP) is 3.25. The Morgan fingerprint density at radius 3 is 1.86 bits per heavy atom. The summed E-state index contributed by atoms with van der Waals surface area (Å²) in [5.74, 6) is 0. The minimum absolute atomic E-state index is 0.0238. The molecule has 0 atom stereocenters. The molecule has 0 unspecified atom stereocenters. The summed E-state index contributed by atoms with van der Waals surface area (Å²) in [4.78, 5) is 0. The molecule has 0 heterocycles. The van der Waals surface area contributed by atoms with E-state index in [1.54, 1.807) is 0 Å². The van der Waals surface area contributed by atoms with Crippen molar-refractivity contribution in [2.45, 2.75) is 53.6 Å². The highest BCUT2D eigenvalue weighted by Crippen LogP contribution is 2.13. The Hall–Kier alpha value is -0.0800. The Balaban J connectivity index is 3.23. The normalized spacial score (nSPS) is 13.3. The average molecular weight is 202 g/mol. The molecule has 0 N–H and O–H groups in total. The Kier molecular flexibility index (Phi) is 5.68. The van der Waals surface area contributed by atoms with Gasteiger partial charge in [0.2, 0.25) is 0 Å². The molecule has 86 valence electrons. The topological polar surface area (TPSA) is 18.5 Å². The van der Waals surface area contributed by atoms with Gasteiger partial charge in [0.15, 0.2) is 0 Å². The van der Waals surface area contributed by atoms with Crippen LogP contribution in [0.2, 0.25) is 0 Å². The molecule has 0 aromatic rings. The molecule has 0 aromatic heterocycles. The van der Waals surface area contributed by atoms with Crippen LogP contribution in [0.15, 0.2) is 0 Å². The van der Waals surface area contributed by atoms with E-state index in [4.69, 9.17) is 9.47 Å². The average Bonchev–Trinajstić information content (AvgIpc) is 1.92. The summed E-state index contributed by atoms with van der Waals surface area (Å²) >= 11 is 0. The van der Waals surface area contributed by atoms with Crippen LogP contribution >= 0.6 is 0 Å². The van der Waals surface area contributed by atoms with Gasteiger partial charge < -0.3 is 9.47 Å². The molecule has 0 amide bonds. The molecule has 0 saturated heterocycles. The quantitative estimate of drug-likeness (QED) is 0.637. The van der Waals surface area contributed by atoms with Crippen molar-refractivity contribution in [2.75, 3.05) is 19.8 Å². The minimum Gasteiger partial charge on any atom is -0.381 e. The highest BCUT2D eigenvalue weighted by molar-refractivity contribution is 4.60. The van der Waals surface area contributed by atoms with Gasteiger partial charge in [-0.25, -0.2) is 0 Å². The molecule has 0 aliphatic rings. The van der Waals surface area contributed by atoms with Crippen molar-refractivity contribution in [1.29, 1.82) is 0 Å². The van der Waals surface area contributed by atoms with E-state index in [0.29, 0.717) is 0 Å². The summed E-state index contributed by atoms with van der Waals surface area (Å²) in [6.45, 7) is 15.2. The van der Waals surface area contributed by atoms with Gasteiger partial charge >= 0.3 is 0 Å². The van der Waals surface area contributed by atoms with Crippen LogP contribution in [0.3, 0.4) is 0 Å². The fourth-order valence-electron chi connectivity index (χ4n) is 0.918. The van der Waals surface area contributed by atoms with Gasteiger partial charge in [-0.15, -0.1) is 0 Å². The summed E-state index contributed by atoms with van der Waals surface area (Å²) in [7, 11) is 0. The van der Waals surface area contributed by atoms with Crippen molar-refractivity contribution in [3.8, 4) is 0 Å². The molecule has 0 spiro atoms. The largest absolute Gasteiger partial charge is 0.381 e. The monoisotopic (exact) mass is 202 g/mol. The van der Waals surface area contributed by atoms with Crippen molar-refractivity contribution in [3.63, 3.8) is 0 Å². The lowest BCUT2D eigenvalue weighted by molar-refractivity contribution is -0.0184. The standard InChI is InChI=1S/C12H26O2/c1-11(2,3)10-13-8-7-9-14-12(4,5)6/h7-10H2,1-6H3. The van der Waals surface area contributed by atoms with E-state index in [9.17, 15) is 0 Å². The highest BCUT2D eigenvalue weighted by Gasteiger charge is 2.11. The van der Waals surface area contributed by atoms with E-state index >= 15 is 0 Å². The van der Waals surface area contributed by atoms with Crippen LogP contribution in [-0.4, -0.2) is 25.4 Å². The fraction of sp³-hybridized carbons (Fsp3) is 1.00. The summed E-state index contributed by atoms with van der Waals surface area (Å²) in [6.07, 6.45) is 0.980. The van der Waals surface area contributed by atoms with Crippen LogP contribution in [0, 0.1) is 5.41 Å². The van der Waals surface area contributed by atoms with Gasteiger partial charge in [0.25, 0.3) is 0 Å². The first-order valence-electron chi connectivity index (χ1n) is 5.42. The van der Waals surface area contributed by atoms with E-state index in [1.165, 1.54) is 0 Å². The fourth-order valence-corrected chi connectivity index (χ4v) is 0.918. The van der Waals surface area contributed by atoms with Gasteiger partial charge in [-0.3, -0.25) is 0 Å². The van der Waals surface area contributed by atoms with E-state index in [0.717, 1.165) is 26.2 Å². The summed E-state index contributed by atoms with van der Waals surface area (Å²) < 4.78 is 11.1. The molecular weight excluding hydrogens is 176 g/mol. The van der Waals surface area contributed by atoms with Crippen molar-refractivity contribution < 1.29 is 9.47 Å². The van der Waals surface area contributed by atoms with E-state index < -0.39 is 0 Å². The molecule has 2 heteroatoms. The van der Waals surface area contributed by atoms with Crippen LogP contribution in [0.5, 0.6) is 0 Å². The number of rotatable bonds is 5. The smallest absolute Gasteiger partial charge is 0.0598 e. The third-order valence-corrected chi connectivity index (χ3v) is 1.50. The van der Waals surface area contributed by atoms with Gasteiger partial charge in [0.05, 0.1) is 12.2 Å². The van der Waals surface area contributed by atoms with Crippen LogP contribution in [0.1, 0.15) is 48.0 Å². The van der Waals surface area contributed by atoms with E-state index in [-0.39, 0.29) is 11.0 Å². The first-order chi connectivity index (χ1) is 6.21. The van der Waals surface area contributed by atoms with Crippen LogP contribution in [0.4, 0.5) is 0 Å². The highest BCUT2D eigenvalue weighted by atomic mass is 16.5. The zero-order valence-corrected chi connectivity index (χ0v) is 10.6. The van der Waals surface area contributed by atoms with Gasteiger partial charge in [-0.05, 0) is 32.6 Å². The lowest BCUT2D eigenvalue weighted by atomic mass is 9.99. The van der Waals surface area contributed by atoms with Gasteiger partial charge in [-0.1, -0.05) is 20.8 Å². The van der Waals surface area contributed by atoms with Crippen molar-refractivity contribution in [3.05, 3.63) is 0 Å². The first kappa shape index (κ1) is 13.9. The number of hydrogen-bond acceptors (Lipinski definition) is 2. The maximum atomic E-state index is 5.58. The lowest BCUT2D eigenvalue weighted by Crippen LogP contribution is -2.21. The second kappa shape index (κ2) is 5.72. The Morgan fingerprint density at radius 1 is 0.857 bits per heavy atom. The predicted molar refractivity (Wildman–Crippen MR) is 60.6 cm³/mol. The third kappa shape index (κ3) is 11.9. The molecule has 0 fully saturated rings. The maximum absolute atomic E-state index is 5.58. The molecule has 0 rings (SSSR count). The zero-order valence-electron chi connectivity index (χ0n) is 10.6. The number of hydrogen-bond donors (Lipinski definition) is 0. The van der Waals surface area contributed by atoms with Gasteiger partial charge in [-0.2, -0.15) is 0 Å². The summed E-state index contributed by atoms with van der Waals surface area (Å²) in [5, 5.41) is 0. The van der Waals surface area contributed by atoms with Crippen LogP contribution in [-0.2, 0) is 9.47 Å². The van der Waals surface area contributed by atoms with Gasteiger partial charge in [0, 0.05) is 13.2 Å². The van der Waals surface area contributed by atoms with Gasteiger partial charge in [0.1, 0.15) is 0 Å². The van der Waals surface area contributed by atoms with Crippen molar-refractivity contribution >= 4 is 0 Å². The molecule has 0 aliphatic heterocycles. The molecule has 0 aliphatic carbocycles. The van der Waals surface area contributed by atoms with Crippen molar-refractivity contribution in [2.24, 2.45) is 5.41 Å². The molecule has 2 nitrogen and oxygen atoms in total. The lowest BCUT2D eigenvalue weighted by Gasteiger charge is -2.20. The summed E-state index contributed by atoms with van der Waals surface area (Å²) in [6, 6.07) is 0. The third-order valence-electron chi connectivity index (χ3n) is 1.50. The maximum Gasteiger partial charge on any atom is 0.0598 e. The number of ether oxygens (including phenoxy) is 2. The molecule has 0 radical (unpaired) electrons. The molecule has 0 aromatic carbocycles. The van der Waals surface area contributed by atoms with Crippen molar-refractivity contribution in [1.82, 2.24) is 0 Å². The Labute approximate surface area is 89.0 Å². The Morgan fingerprint density at radius 2 is 1.43 bits per heavy atom. The second-order valence-electron chi connectivity index (χ2n) is 5.93. The molecular formula is C12H26O2. The van der Waals surface area contributed by atoms with E-state index in [2.05, 4.69) is 41.5 Å². The zero-order chi connectivity index (χ0) is 11.2.